The van der Waals surface area contributed by atoms with Crippen molar-refractivity contribution in [3.8, 4) is 11.5 Å². The van der Waals surface area contributed by atoms with E-state index in [9.17, 15) is 9.90 Å². The van der Waals surface area contributed by atoms with Crippen molar-refractivity contribution in [2.75, 3.05) is 11.9 Å². The molecule has 0 aliphatic rings. The van der Waals surface area contributed by atoms with Crippen molar-refractivity contribution in [1.29, 1.82) is 0 Å². The molecule has 2 N–H and O–H groups in total. The zero-order valence-electron chi connectivity index (χ0n) is 15.8. The van der Waals surface area contributed by atoms with E-state index in [1.165, 1.54) is 0 Å². The van der Waals surface area contributed by atoms with Crippen molar-refractivity contribution < 1.29 is 19.4 Å². The summed E-state index contributed by atoms with van der Waals surface area (Å²) in [5.74, 6) is 1.07. The summed E-state index contributed by atoms with van der Waals surface area (Å²) in [6.45, 7) is 1.97. The molecule has 7 nitrogen and oxygen atoms in total. The van der Waals surface area contributed by atoms with Gasteiger partial charge in [0.15, 0.2) is 5.82 Å². The van der Waals surface area contributed by atoms with Gasteiger partial charge < -0.3 is 19.9 Å². The van der Waals surface area contributed by atoms with Crippen LogP contribution in [0.25, 0.3) is 0 Å². The number of benzene rings is 2. The Morgan fingerprint density at radius 1 is 1.18 bits per heavy atom. The molecular weight excluding hydrogens is 358 g/mol. The molecule has 0 unspecified atom stereocenters. The first-order chi connectivity index (χ1) is 13.5. The van der Waals surface area contributed by atoms with Crippen LogP contribution in [0.4, 0.5) is 5.82 Å². The maximum Gasteiger partial charge on any atom is 0.257 e. The van der Waals surface area contributed by atoms with Crippen LogP contribution in [0.1, 0.15) is 22.8 Å². The molecule has 0 fully saturated rings. The molecule has 0 aliphatic heterocycles. The first-order valence-electron chi connectivity index (χ1n) is 8.94. The van der Waals surface area contributed by atoms with E-state index in [1.807, 2.05) is 30.3 Å². The van der Waals surface area contributed by atoms with E-state index in [2.05, 4.69) is 10.4 Å². The van der Waals surface area contributed by atoms with Crippen LogP contribution in [0.5, 0.6) is 11.5 Å². The van der Waals surface area contributed by atoms with Crippen molar-refractivity contribution in [2.45, 2.75) is 19.6 Å². The summed E-state index contributed by atoms with van der Waals surface area (Å²) in [7, 11) is 1.77. The van der Waals surface area contributed by atoms with E-state index in [1.54, 1.807) is 49.1 Å². The molecule has 146 valence electrons. The molecule has 1 atom stereocenters. The number of hydrogen-bond donors (Lipinski definition) is 2. The van der Waals surface area contributed by atoms with E-state index in [0.29, 0.717) is 29.5 Å². The lowest BCUT2D eigenvalue weighted by Crippen LogP contribution is -2.17. The minimum Gasteiger partial charge on any atom is -0.489 e. The van der Waals surface area contributed by atoms with E-state index in [0.717, 1.165) is 5.56 Å². The van der Waals surface area contributed by atoms with Crippen molar-refractivity contribution in [2.24, 2.45) is 7.05 Å². The first-order valence-corrected chi connectivity index (χ1v) is 8.94. The molecule has 28 heavy (non-hydrogen) atoms. The summed E-state index contributed by atoms with van der Waals surface area (Å²) in [4.78, 5) is 12.6. The summed E-state index contributed by atoms with van der Waals surface area (Å²) in [5.41, 5.74) is 1.38. The molecule has 0 aliphatic carbocycles. The Labute approximate surface area is 163 Å². The third kappa shape index (κ3) is 5.34. The van der Waals surface area contributed by atoms with Crippen LogP contribution in [-0.2, 0) is 13.7 Å². The molecule has 0 spiro atoms. The molecular formula is C21H23N3O4. The van der Waals surface area contributed by atoms with Gasteiger partial charge in [-0.05, 0) is 24.6 Å². The fourth-order valence-corrected chi connectivity index (χ4v) is 2.53. The number of ether oxygens (including phenoxy) is 2. The fourth-order valence-electron chi connectivity index (χ4n) is 2.53. The second-order valence-corrected chi connectivity index (χ2v) is 6.41. The second kappa shape index (κ2) is 9.05. The van der Waals surface area contributed by atoms with Gasteiger partial charge in [0.05, 0.1) is 6.61 Å². The molecule has 3 rings (SSSR count). The van der Waals surface area contributed by atoms with E-state index in [4.69, 9.17) is 9.47 Å². The Hall–Kier alpha value is -3.32. The highest BCUT2D eigenvalue weighted by Gasteiger charge is 2.13. The largest absolute Gasteiger partial charge is 0.489 e. The van der Waals surface area contributed by atoms with Crippen LogP contribution < -0.4 is 14.8 Å². The Morgan fingerprint density at radius 2 is 1.93 bits per heavy atom. The van der Waals surface area contributed by atoms with E-state index in [-0.39, 0.29) is 12.5 Å². The molecule has 2 aromatic carbocycles. The van der Waals surface area contributed by atoms with Crippen LogP contribution in [0.2, 0.25) is 0 Å². The second-order valence-electron chi connectivity index (χ2n) is 6.41. The molecule has 1 aromatic heterocycles. The molecule has 0 saturated heterocycles. The minimum atomic E-state index is -0.406. The number of hydrogen-bond acceptors (Lipinski definition) is 5. The lowest BCUT2D eigenvalue weighted by atomic mass is 10.1. The van der Waals surface area contributed by atoms with Crippen LogP contribution in [0.3, 0.4) is 0 Å². The number of aryl methyl sites for hydroxylation is 1. The monoisotopic (exact) mass is 381 g/mol. The predicted octanol–water partition coefficient (Wildman–Crippen LogP) is 3.01. The molecule has 0 saturated carbocycles. The van der Waals surface area contributed by atoms with Crippen LogP contribution in [-0.4, -0.2) is 33.5 Å². The quantitative estimate of drug-likeness (QED) is 0.626. The van der Waals surface area contributed by atoms with E-state index < -0.39 is 6.10 Å². The standard InChI is InChI=1S/C21H23N3O4/c1-15(13-25)28-19-11-17(21(26)22-20-8-9-24(2)23-20)10-18(12-19)27-14-16-6-4-3-5-7-16/h3-12,15,25H,13-14H2,1-2H3,(H,22,23,26)/t15-/m0/s1. The topological polar surface area (TPSA) is 85.6 Å². The minimum absolute atomic E-state index is 0.134. The fraction of sp³-hybridized carbons (Fsp3) is 0.238. The number of nitrogens with one attached hydrogen (secondary N) is 1. The number of amides is 1. The zero-order chi connectivity index (χ0) is 19.9. The average Bonchev–Trinajstić information content (AvgIpc) is 3.11. The third-order valence-corrected chi connectivity index (χ3v) is 3.94. The summed E-state index contributed by atoms with van der Waals surface area (Å²) < 4.78 is 13.1. The highest BCUT2D eigenvalue weighted by atomic mass is 16.5. The molecule has 3 aromatic rings. The number of carbonyl (C=O) groups is 1. The SMILES string of the molecule is C[C@@H](CO)Oc1cc(OCc2ccccc2)cc(C(=O)Nc2ccn(C)n2)c1. The predicted molar refractivity (Wildman–Crippen MR) is 106 cm³/mol. The van der Waals surface area contributed by atoms with Crippen molar-refractivity contribution in [3.63, 3.8) is 0 Å². The molecule has 0 radical (unpaired) electrons. The van der Waals surface area contributed by atoms with Crippen LogP contribution in [0, 0.1) is 0 Å². The summed E-state index contributed by atoms with van der Waals surface area (Å²) in [6, 6.07) is 16.4. The van der Waals surface area contributed by atoms with Crippen molar-refractivity contribution >= 4 is 11.7 Å². The Kier molecular flexibility index (Phi) is 6.29. The number of aliphatic hydroxyl groups excluding tert-OH is 1. The number of anilines is 1. The van der Waals surface area contributed by atoms with Gasteiger partial charge in [-0.2, -0.15) is 5.10 Å². The third-order valence-electron chi connectivity index (χ3n) is 3.94. The van der Waals surface area contributed by atoms with Gasteiger partial charge in [0.25, 0.3) is 5.91 Å². The number of aliphatic hydroxyl groups is 1. The normalized spacial score (nSPS) is 11.7. The lowest BCUT2D eigenvalue weighted by Gasteiger charge is -2.15. The van der Waals surface area contributed by atoms with Gasteiger partial charge in [0.2, 0.25) is 0 Å². The van der Waals surface area contributed by atoms with Gasteiger partial charge in [-0.25, -0.2) is 0 Å². The molecule has 1 amide bonds. The smallest absolute Gasteiger partial charge is 0.257 e. The first kappa shape index (κ1) is 19.4. The molecule has 0 bridgehead atoms. The van der Waals surface area contributed by atoms with Gasteiger partial charge in [0, 0.05) is 30.9 Å². The maximum absolute atomic E-state index is 12.6. The molecule has 1 heterocycles. The van der Waals surface area contributed by atoms with Gasteiger partial charge >= 0.3 is 0 Å². The maximum atomic E-state index is 12.6. The zero-order valence-corrected chi connectivity index (χ0v) is 15.8. The Morgan fingerprint density at radius 3 is 2.61 bits per heavy atom. The van der Waals surface area contributed by atoms with Crippen LogP contribution in [0.15, 0.2) is 60.8 Å². The summed E-state index contributed by atoms with van der Waals surface area (Å²) in [6.07, 6.45) is 1.34. The van der Waals surface area contributed by atoms with Gasteiger partial charge in [-0.1, -0.05) is 30.3 Å². The highest BCUT2D eigenvalue weighted by molar-refractivity contribution is 6.04. The average molecular weight is 381 g/mol. The highest BCUT2D eigenvalue weighted by Crippen LogP contribution is 2.25. The Balaban J connectivity index is 1.80. The summed E-state index contributed by atoms with van der Waals surface area (Å²) >= 11 is 0. The lowest BCUT2D eigenvalue weighted by molar-refractivity contribution is 0.102. The van der Waals surface area contributed by atoms with E-state index >= 15 is 0 Å². The van der Waals surface area contributed by atoms with Crippen molar-refractivity contribution in [1.82, 2.24) is 9.78 Å². The number of rotatable bonds is 8. The Bertz CT molecular complexity index is 924. The summed E-state index contributed by atoms with van der Waals surface area (Å²) in [5, 5.41) is 16.1. The molecule has 7 heteroatoms. The van der Waals surface area contributed by atoms with Gasteiger partial charge in [-0.15, -0.1) is 0 Å². The van der Waals surface area contributed by atoms with Crippen LogP contribution >= 0.6 is 0 Å². The number of aromatic nitrogens is 2. The number of carbonyl (C=O) groups excluding carboxylic acids is 1. The number of nitrogens with zero attached hydrogens (tertiary/aromatic N) is 2. The van der Waals surface area contributed by atoms with Gasteiger partial charge in [-0.3, -0.25) is 9.48 Å². The van der Waals surface area contributed by atoms with Gasteiger partial charge in [0.1, 0.15) is 24.2 Å². The van der Waals surface area contributed by atoms with Crippen molar-refractivity contribution in [3.05, 3.63) is 71.9 Å².